The first kappa shape index (κ1) is 14.4. The number of aromatic amines is 1. The minimum absolute atomic E-state index is 0.0867. The van der Waals surface area contributed by atoms with Gasteiger partial charge in [0.25, 0.3) is 15.0 Å². The van der Waals surface area contributed by atoms with E-state index in [2.05, 4.69) is 17.2 Å². The van der Waals surface area contributed by atoms with Crippen LogP contribution in [0.2, 0.25) is 0 Å². The average Bonchev–Trinajstić information content (AvgIpc) is 2.77. The van der Waals surface area contributed by atoms with E-state index in [1.165, 1.54) is 18.7 Å². The van der Waals surface area contributed by atoms with Crippen LogP contribution in [0.15, 0.2) is 17.2 Å². The van der Waals surface area contributed by atoms with E-state index in [0.29, 0.717) is 5.92 Å². The van der Waals surface area contributed by atoms with E-state index in [4.69, 9.17) is 10.7 Å². The van der Waals surface area contributed by atoms with Gasteiger partial charge in [0.05, 0.1) is 0 Å². The lowest BCUT2D eigenvalue weighted by molar-refractivity contribution is 0.0917. The van der Waals surface area contributed by atoms with Crippen LogP contribution in [0.5, 0.6) is 0 Å². The van der Waals surface area contributed by atoms with Gasteiger partial charge in [-0.3, -0.25) is 4.79 Å². The second-order valence-electron chi connectivity index (χ2n) is 5.13. The molecule has 2 rings (SSSR count). The predicted molar refractivity (Wildman–Crippen MR) is 72.7 cm³/mol. The summed E-state index contributed by atoms with van der Waals surface area (Å²) in [5.41, 5.74) is 0.220. The van der Waals surface area contributed by atoms with E-state index in [-0.39, 0.29) is 22.5 Å². The number of carbonyl (C=O) groups is 1. The lowest BCUT2D eigenvalue weighted by Gasteiger charge is -2.27. The molecule has 1 saturated carbocycles. The van der Waals surface area contributed by atoms with Crippen molar-refractivity contribution in [3.05, 3.63) is 18.0 Å². The fourth-order valence-corrected chi connectivity index (χ4v) is 3.20. The van der Waals surface area contributed by atoms with Crippen molar-refractivity contribution in [3.63, 3.8) is 0 Å². The van der Waals surface area contributed by atoms with Crippen LogP contribution >= 0.6 is 10.7 Å². The zero-order chi connectivity index (χ0) is 14.0. The number of aromatic nitrogens is 1. The number of amides is 1. The molecule has 1 aromatic heterocycles. The van der Waals surface area contributed by atoms with Gasteiger partial charge in [-0.25, -0.2) is 8.42 Å². The van der Waals surface area contributed by atoms with Crippen molar-refractivity contribution >= 4 is 25.6 Å². The molecular weight excluding hydrogens is 288 g/mol. The molecule has 0 radical (unpaired) electrons. The van der Waals surface area contributed by atoms with Crippen LogP contribution < -0.4 is 5.32 Å². The molecule has 0 spiro atoms. The van der Waals surface area contributed by atoms with Gasteiger partial charge in [0.2, 0.25) is 0 Å². The van der Waals surface area contributed by atoms with Crippen molar-refractivity contribution in [1.82, 2.24) is 10.3 Å². The van der Waals surface area contributed by atoms with Crippen molar-refractivity contribution in [2.45, 2.75) is 43.5 Å². The molecule has 1 amide bonds. The minimum atomic E-state index is -3.80. The van der Waals surface area contributed by atoms with E-state index in [9.17, 15) is 13.2 Å². The summed E-state index contributed by atoms with van der Waals surface area (Å²) in [6, 6.07) is 1.42. The molecule has 0 aromatic carbocycles. The maximum Gasteiger partial charge on any atom is 0.267 e. The molecule has 2 N–H and O–H groups in total. The minimum Gasteiger partial charge on any atom is -0.356 e. The molecule has 106 valence electrons. The number of hydrogen-bond acceptors (Lipinski definition) is 3. The monoisotopic (exact) mass is 304 g/mol. The highest BCUT2D eigenvalue weighted by Crippen LogP contribution is 2.24. The summed E-state index contributed by atoms with van der Waals surface area (Å²) in [5.74, 6) is 0.326. The van der Waals surface area contributed by atoms with Crippen LogP contribution in [0.1, 0.15) is 43.1 Å². The van der Waals surface area contributed by atoms with Gasteiger partial charge < -0.3 is 10.3 Å². The Bertz CT molecular complexity index is 567. The van der Waals surface area contributed by atoms with Gasteiger partial charge in [-0.2, -0.15) is 0 Å². The third-order valence-electron chi connectivity index (χ3n) is 3.45. The molecule has 1 heterocycles. The van der Waals surface area contributed by atoms with E-state index < -0.39 is 9.05 Å². The lowest BCUT2D eigenvalue weighted by Crippen LogP contribution is -2.38. The molecule has 1 aromatic rings. The maximum absolute atomic E-state index is 12.0. The highest BCUT2D eigenvalue weighted by Gasteiger charge is 2.22. The van der Waals surface area contributed by atoms with Crippen molar-refractivity contribution in [2.75, 3.05) is 0 Å². The number of carbonyl (C=O) groups excluding carboxylic acids is 1. The Hall–Kier alpha value is -1.01. The molecule has 5 nitrogen and oxygen atoms in total. The Morgan fingerprint density at radius 2 is 2.21 bits per heavy atom. The van der Waals surface area contributed by atoms with Crippen molar-refractivity contribution in [3.8, 4) is 0 Å². The molecule has 1 aliphatic carbocycles. The lowest BCUT2D eigenvalue weighted by atomic mass is 9.87. The maximum atomic E-state index is 12.0. The Labute approximate surface area is 117 Å². The summed E-state index contributed by atoms with van der Waals surface area (Å²) in [6.45, 7) is 2.17. The Morgan fingerprint density at radius 3 is 2.79 bits per heavy atom. The van der Waals surface area contributed by atoms with Gasteiger partial charge in [0.15, 0.2) is 0 Å². The van der Waals surface area contributed by atoms with Crippen molar-refractivity contribution in [1.29, 1.82) is 0 Å². The smallest absolute Gasteiger partial charge is 0.267 e. The predicted octanol–water partition coefficient (Wildman–Crippen LogP) is 2.25. The van der Waals surface area contributed by atoms with Crippen LogP contribution in [0, 0.1) is 5.92 Å². The van der Waals surface area contributed by atoms with E-state index in [1.54, 1.807) is 0 Å². The molecular formula is C12H17ClN2O3S. The summed E-state index contributed by atoms with van der Waals surface area (Å²) >= 11 is 0. The summed E-state index contributed by atoms with van der Waals surface area (Å²) < 4.78 is 22.2. The zero-order valence-electron chi connectivity index (χ0n) is 10.6. The molecule has 0 bridgehead atoms. The fraction of sp³-hybridized carbons (Fsp3) is 0.583. The quantitative estimate of drug-likeness (QED) is 0.841. The summed E-state index contributed by atoms with van der Waals surface area (Å²) in [5, 5.41) is 2.92. The van der Waals surface area contributed by atoms with Gasteiger partial charge in [-0.05, 0) is 24.8 Å². The Morgan fingerprint density at radius 1 is 1.47 bits per heavy atom. The van der Waals surface area contributed by atoms with E-state index in [0.717, 1.165) is 19.3 Å². The summed E-state index contributed by atoms with van der Waals surface area (Å²) in [7, 11) is 1.41. The van der Waals surface area contributed by atoms with Gasteiger partial charge in [0.1, 0.15) is 10.6 Å². The van der Waals surface area contributed by atoms with Gasteiger partial charge in [-0.15, -0.1) is 0 Å². The largest absolute Gasteiger partial charge is 0.356 e. The second kappa shape index (κ2) is 5.54. The molecule has 2 atom stereocenters. The number of halogens is 1. The van der Waals surface area contributed by atoms with Crippen LogP contribution in [0.4, 0.5) is 0 Å². The molecule has 7 heteroatoms. The average molecular weight is 305 g/mol. The van der Waals surface area contributed by atoms with E-state index in [1.807, 2.05) is 0 Å². The fourth-order valence-electron chi connectivity index (χ4n) is 2.47. The van der Waals surface area contributed by atoms with Crippen LogP contribution in [-0.4, -0.2) is 25.4 Å². The summed E-state index contributed by atoms with van der Waals surface area (Å²) in [4.78, 5) is 14.5. The standard InChI is InChI=1S/C12H17ClN2O3S/c1-8-3-2-4-9(5-8)15-12(16)11-6-10(7-14-11)19(13,17)18/h6-9,14H,2-5H2,1H3,(H,15,16). The Balaban J connectivity index is 2.02. The molecule has 1 aliphatic rings. The normalized spacial score (nSPS) is 24.1. The number of nitrogens with one attached hydrogen (secondary N) is 2. The first-order chi connectivity index (χ1) is 8.86. The van der Waals surface area contributed by atoms with Crippen LogP contribution in [0.25, 0.3) is 0 Å². The number of H-pyrrole nitrogens is 1. The number of hydrogen-bond donors (Lipinski definition) is 2. The van der Waals surface area contributed by atoms with Crippen LogP contribution in [0.3, 0.4) is 0 Å². The SMILES string of the molecule is CC1CCCC(NC(=O)c2cc(S(=O)(=O)Cl)c[nH]2)C1. The summed E-state index contributed by atoms with van der Waals surface area (Å²) in [6.07, 6.45) is 5.47. The van der Waals surface area contributed by atoms with Gasteiger partial charge >= 0.3 is 0 Å². The second-order valence-corrected chi connectivity index (χ2v) is 7.70. The number of rotatable bonds is 3. The van der Waals surface area contributed by atoms with E-state index >= 15 is 0 Å². The van der Waals surface area contributed by atoms with Crippen molar-refractivity contribution < 1.29 is 13.2 Å². The zero-order valence-corrected chi connectivity index (χ0v) is 12.2. The molecule has 1 fully saturated rings. The van der Waals surface area contributed by atoms with Crippen LogP contribution in [-0.2, 0) is 9.05 Å². The topological polar surface area (TPSA) is 79.0 Å². The molecule has 0 saturated heterocycles. The first-order valence-corrected chi connectivity index (χ1v) is 8.61. The van der Waals surface area contributed by atoms with Crippen molar-refractivity contribution in [2.24, 2.45) is 5.92 Å². The first-order valence-electron chi connectivity index (χ1n) is 6.30. The molecule has 0 aliphatic heterocycles. The molecule has 19 heavy (non-hydrogen) atoms. The Kier molecular flexibility index (Phi) is 4.20. The van der Waals surface area contributed by atoms with Gasteiger partial charge in [0, 0.05) is 22.9 Å². The third-order valence-corrected chi connectivity index (χ3v) is 4.79. The highest BCUT2D eigenvalue weighted by molar-refractivity contribution is 8.13. The molecule has 2 unspecified atom stereocenters. The van der Waals surface area contributed by atoms with Gasteiger partial charge in [-0.1, -0.05) is 19.8 Å². The third kappa shape index (κ3) is 3.73. The highest BCUT2D eigenvalue weighted by atomic mass is 35.7.